The maximum atomic E-state index is 12.3. The van der Waals surface area contributed by atoms with E-state index >= 15 is 0 Å². The van der Waals surface area contributed by atoms with Crippen molar-refractivity contribution in [1.82, 2.24) is 4.90 Å². The van der Waals surface area contributed by atoms with Crippen LogP contribution in [-0.2, 0) is 0 Å². The van der Waals surface area contributed by atoms with Gasteiger partial charge in [-0.3, -0.25) is 4.79 Å². The molecule has 0 atom stereocenters. The Balaban J connectivity index is 1.63. The highest BCUT2D eigenvalue weighted by Gasteiger charge is 2.22. The Kier molecular flexibility index (Phi) is 3.63. The molecule has 0 aliphatic carbocycles. The molecule has 0 saturated carbocycles. The van der Waals surface area contributed by atoms with Crippen LogP contribution in [0.25, 0.3) is 0 Å². The molecular weight excluding hydrogens is 250 g/mol. The minimum absolute atomic E-state index is 0.131. The lowest BCUT2D eigenvalue weighted by molar-refractivity contribution is -0.377. The van der Waals surface area contributed by atoms with Gasteiger partial charge in [-0.15, -0.1) is 0 Å². The van der Waals surface area contributed by atoms with Crippen LogP contribution in [0.5, 0.6) is 0 Å². The number of hydrogen-bond donors (Lipinski definition) is 0. The summed E-state index contributed by atoms with van der Waals surface area (Å²) in [4.78, 5) is 19.6. The number of nitrogens with zero attached hydrogens (tertiary/aromatic N) is 2. The van der Waals surface area contributed by atoms with Crippen LogP contribution in [-0.4, -0.2) is 37.0 Å². The molecule has 0 unspecified atom stereocenters. The van der Waals surface area contributed by atoms with E-state index in [0.717, 1.165) is 31.7 Å². The van der Waals surface area contributed by atoms with Crippen LogP contribution in [0.3, 0.4) is 0 Å². The van der Waals surface area contributed by atoms with E-state index in [1.807, 2.05) is 47.6 Å². The van der Waals surface area contributed by atoms with Gasteiger partial charge in [0.2, 0.25) is 0 Å². The van der Waals surface area contributed by atoms with Crippen molar-refractivity contribution in [2.75, 3.05) is 31.1 Å². The number of rotatable bonds is 2. The first kappa shape index (κ1) is 12.7. The van der Waals surface area contributed by atoms with Crippen molar-refractivity contribution in [1.29, 1.82) is 0 Å². The molecule has 1 aliphatic rings. The number of carbonyl (C=O) groups is 1. The van der Waals surface area contributed by atoms with Crippen molar-refractivity contribution < 1.29 is 9.78 Å². The summed E-state index contributed by atoms with van der Waals surface area (Å²) in [6, 6.07) is 13.6. The summed E-state index contributed by atoms with van der Waals surface area (Å²) in [6.45, 7) is 3.30. The molecule has 2 heterocycles. The monoisotopic (exact) mass is 268 g/mol. The molecule has 2 aromatic rings. The van der Waals surface area contributed by atoms with E-state index in [-0.39, 0.29) is 5.91 Å². The Morgan fingerprint density at radius 1 is 0.900 bits per heavy atom. The highest BCUT2D eigenvalue weighted by atomic mass is 16.2. The van der Waals surface area contributed by atoms with Gasteiger partial charge in [-0.2, -0.15) is 0 Å². The Hall–Kier alpha value is -2.36. The normalized spacial score (nSPS) is 15.2. The Morgan fingerprint density at radius 3 is 2.20 bits per heavy atom. The van der Waals surface area contributed by atoms with Crippen molar-refractivity contribution in [3.63, 3.8) is 0 Å². The highest BCUT2D eigenvalue weighted by Crippen LogP contribution is 2.15. The van der Waals surface area contributed by atoms with Crippen LogP contribution in [0.4, 0.5) is 5.69 Å². The fourth-order valence-corrected chi connectivity index (χ4v) is 2.52. The van der Waals surface area contributed by atoms with Crippen molar-refractivity contribution >= 4 is 11.6 Å². The molecule has 1 aromatic carbocycles. The Labute approximate surface area is 118 Å². The third-order valence-corrected chi connectivity index (χ3v) is 3.65. The molecule has 1 saturated heterocycles. The first-order valence-corrected chi connectivity index (χ1v) is 6.90. The molecule has 1 N–H and O–H groups in total. The van der Waals surface area contributed by atoms with Gasteiger partial charge in [0.05, 0.1) is 0 Å². The van der Waals surface area contributed by atoms with E-state index in [2.05, 4.69) is 22.0 Å². The van der Waals surface area contributed by atoms with E-state index < -0.39 is 0 Å². The fourth-order valence-electron chi connectivity index (χ4n) is 2.52. The molecule has 20 heavy (non-hydrogen) atoms. The summed E-state index contributed by atoms with van der Waals surface area (Å²) in [6.07, 6.45) is 3.85. The van der Waals surface area contributed by atoms with Gasteiger partial charge in [-0.1, -0.05) is 18.2 Å². The number of carbonyl (C=O) groups excluding carboxylic acids is 1. The van der Waals surface area contributed by atoms with E-state index in [4.69, 9.17) is 0 Å². The van der Waals surface area contributed by atoms with Crippen molar-refractivity contribution in [2.45, 2.75) is 0 Å². The first-order chi connectivity index (χ1) is 9.84. The zero-order valence-electron chi connectivity index (χ0n) is 11.3. The average molecular weight is 268 g/mol. The van der Waals surface area contributed by atoms with E-state index in [0.29, 0.717) is 0 Å². The summed E-state index contributed by atoms with van der Waals surface area (Å²) in [7, 11) is 0. The number of benzene rings is 1. The number of hydrogen-bond acceptors (Lipinski definition) is 2. The number of anilines is 1. The SMILES string of the molecule is O=C(c1ccccc1)N1CCN(c2cc[nH+]cc2)CC1. The quantitative estimate of drug-likeness (QED) is 0.827. The molecule has 3 rings (SSSR count). The number of aromatic amines is 1. The second-order valence-corrected chi connectivity index (χ2v) is 4.90. The predicted octanol–water partition coefficient (Wildman–Crippen LogP) is 1.46. The smallest absolute Gasteiger partial charge is 0.253 e. The van der Waals surface area contributed by atoms with Gasteiger partial charge < -0.3 is 9.80 Å². The molecule has 4 heteroatoms. The lowest BCUT2D eigenvalue weighted by Gasteiger charge is -2.35. The molecule has 1 amide bonds. The van der Waals surface area contributed by atoms with Crippen LogP contribution in [0.2, 0.25) is 0 Å². The highest BCUT2D eigenvalue weighted by molar-refractivity contribution is 5.94. The molecule has 0 bridgehead atoms. The Bertz CT molecular complexity index is 563. The third-order valence-electron chi connectivity index (χ3n) is 3.65. The minimum atomic E-state index is 0.131. The van der Waals surface area contributed by atoms with E-state index in [1.165, 1.54) is 5.69 Å². The average Bonchev–Trinajstić information content (AvgIpc) is 2.56. The summed E-state index contributed by atoms with van der Waals surface area (Å²) in [5.41, 5.74) is 1.98. The third kappa shape index (κ3) is 2.64. The molecule has 1 aliphatic heterocycles. The maximum Gasteiger partial charge on any atom is 0.253 e. The first-order valence-electron chi connectivity index (χ1n) is 6.90. The summed E-state index contributed by atoms with van der Waals surface area (Å²) < 4.78 is 0. The fraction of sp³-hybridized carbons (Fsp3) is 0.250. The zero-order valence-corrected chi connectivity index (χ0v) is 11.3. The molecule has 0 spiro atoms. The molecular formula is C16H18N3O+. The second-order valence-electron chi connectivity index (χ2n) is 4.90. The van der Waals surface area contributed by atoms with Crippen molar-refractivity contribution in [3.8, 4) is 0 Å². The summed E-state index contributed by atoms with van der Waals surface area (Å²) in [5, 5.41) is 0. The topological polar surface area (TPSA) is 37.7 Å². The lowest BCUT2D eigenvalue weighted by Crippen LogP contribution is -2.48. The molecule has 1 aromatic heterocycles. The number of H-pyrrole nitrogens is 1. The maximum absolute atomic E-state index is 12.3. The van der Waals surface area contributed by atoms with Gasteiger partial charge in [0.25, 0.3) is 5.91 Å². The van der Waals surface area contributed by atoms with Crippen LogP contribution in [0.1, 0.15) is 10.4 Å². The minimum Gasteiger partial charge on any atom is -0.368 e. The van der Waals surface area contributed by atoms with Gasteiger partial charge in [-0.05, 0) is 12.1 Å². The van der Waals surface area contributed by atoms with Crippen molar-refractivity contribution in [2.24, 2.45) is 0 Å². The van der Waals surface area contributed by atoms with E-state index in [1.54, 1.807) is 0 Å². The largest absolute Gasteiger partial charge is 0.368 e. The molecule has 0 radical (unpaired) electrons. The summed E-state index contributed by atoms with van der Waals surface area (Å²) in [5.74, 6) is 0.131. The molecule has 4 nitrogen and oxygen atoms in total. The standard InChI is InChI=1S/C16H17N3O/c20-16(14-4-2-1-3-5-14)19-12-10-18(11-13-19)15-6-8-17-9-7-15/h1-9H,10-13H2/p+1. The summed E-state index contributed by atoms with van der Waals surface area (Å²) >= 11 is 0. The van der Waals surface area contributed by atoms with Crippen LogP contribution >= 0.6 is 0 Å². The van der Waals surface area contributed by atoms with Gasteiger partial charge in [0.15, 0.2) is 12.4 Å². The van der Waals surface area contributed by atoms with Crippen LogP contribution < -0.4 is 9.88 Å². The van der Waals surface area contributed by atoms with Crippen molar-refractivity contribution in [3.05, 3.63) is 60.4 Å². The number of amides is 1. The predicted molar refractivity (Wildman–Crippen MR) is 77.6 cm³/mol. The van der Waals surface area contributed by atoms with Gasteiger partial charge in [-0.25, -0.2) is 4.98 Å². The number of nitrogens with one attached hydrogen (secondary N) is 1. The Morgan fingerprint density at radius 2 is 1.55 bits per heavy atom. The second kappa shape index (κ2) is 5.74. The van der Waals surface area contributed by atoms with Crippen LogP contribution in [0, 0.1) is 0 Å². The number of piperazine rings is 1. The molecule has 1 fully saturated rings. The van der Waals surface area contributed by atoms with Gasteiger partial charge in [0, 0.05) is 49.6 Å². The van der Waals surface area contributed by atoms with E-state index in [9.17, 15) is 4.79 Å². The van der Waals surface area contributed by atoms with Gasteiger partial charge >= 0.3 is 0 Å². The lowest BCUT2D eigenvalue weighted by atomic mass is 10.2. The number of pyridine rings is 1. The van der Waals surface area contributed by atoms with Crippen LogP contribution in [0.15, 0.2) is 54.9 Å². The number of aromatic nitrogens is 1. The zero-order chi connectivity index (χ0) is 13.8. The molecule has 102 valence electrons. The van der Waals surface area contributed by atoms with Gasteiger partial charge in [0.1, 0.15) is 0 Å².